The zero-order chi connectivity index (χ0) is 14.5. The average molecular weight is 353 g/mol. The zero-order valence-corrected chi connectivity index (χ0v) is 13.2. The molecule has 1 aromatic heterocycles. The van der Waals surface area contributed by atoms with E-state index < -0.39 is 5.97 Å². The lowest BCUT2D eigenvalue weighted by Gasteiger charge is -2.20. The van der Waals surface area contributed by atoms with Crippen LogP contribution in [0.4, 0.5) is 5.69 Å². The summed E-state index contributed by atoms with van der Waals surface area (Å²) in [6.45, 7) is 0.729. The Kier molecular flexibility index (Phi) is 4.92. The number of rotatable bonds is 5. The van der Waals surface area contributed by atoms with Crippen molar-refractivity contribution in [2.45, 2.75) is 6.54 Å². The minimum Gasteiger partial charge on any atom is -0.478 e. The number of aromatic nitrogens is 1. The Hall–Kier alpha value is -1.66. The summed E-state index contributed by atoms with van der Waals surface area (Å²) in [6, 6.07) is 5.74. The fourth-order valence-electron chi connectivity index (χ4n) is 1.75. The van der Waals surface area contributed by atoms with Gasteiger partial charge in [0.15, 0.2) is 0 Å². The number of thiazole rings is 1. The zero-order valence-electron chi connectivity index (χ0n) is 10.8. The monoisotopic (exact) mass is 352 g/mol. The van der Waals surface area contributed by atoms with Gasteiger partial charge >= 0.3 is 5.97 Å². The Morgan fingerprint density at radius 1 is 1.55 bits per heavy atom. The topological polar surface area (TPSA) is 53.4 Å². The summed E-state index contributed by atoms with van der Waals surface area (Å²) in [5.41, 5.74) is 4.72. The first-order valence-electron chi connectivity index (χ1n) is 5.85. The van der Waals surface area contributed by atoms with Gasteiger partial charge in [0.25, 0.3) is 0 Å². The molecule has 104 valence electrons. The molecule has 0 spiro atoms. The molecular weight excluding hydrogens is 340 g/mol. The molecule has 0 unspecified atom stereocenters. The Morgan fingerprint density at radius 3 is 2.95 bits per heavy atom. The van der Waals surface area contributed by atoms with Crippen molar-refractivity contribution >= 4 is 45.0 Å². The van der Waals surface area contributed by atoms with Gasteiger partial charge in [0.05, 0.1) is 23.4 Å². The van der Waals surface area contributed by atoms with E-state index >= 15 is 0 Å². The van der Waals surface area contributed by atoms with Crippen molar-refractivity contribution in [2.24, 2.45) is 0 Å². The summed E-state index contributed by atoms with van der Waals surface area (Å²) in [5, 5.41) is 10.6. The van der Waals surface area contributed by atoms with E-state index in [4.69, 9.17) is 5.11 Å². The van der Waals surface area contributed by atoms with Crippen LogP contribution in [0.1, 0.15) is 11.3 Å². The summed E-state index contributed by atoms with van der Waals surface area (Å²) >= 11 is 5.10. The van der Waals surface area contributed by atoms with Gasteiger partial charge in [0.1, 0.15) is 0 Å². The molecule has 0 saturated heterocycles. The van der Waals surface area contributed by atoms with E-state index in [1.165, 1.54) is 0 Å². The van der Waals surface area contributed by atoms with Crippen LogP contribution in [0.25, 0.3) is 6.08 Å². The molecule has 2 aromatic rings. The SMILES string of the molecule is CN(Cc1cscn1)c1ccc(/C=C/C(=O)O)cc1Br. The first-order valence-corrected chi connectivity index (χ1v) is 7.58. The van der Waals surface area contributed by atoms with E-state index in [-0.39, 0.29) is 0 Å². The van der Waals surface area contributed by atoms with Crippen LogP contribution in [0.3, 0.4) is 0 Å². The van der Waals surface area contributed by atoms with Gasteiger partial charge in [0, 0.05) is 23.0 Å². The molecule has 0 saturated carbocycles. The molecule has 1 N–H and O–H groups in total. The van der Waals surface area contributed by atoms with Crippen molar-refractivity contribution in [3.05, 3.63) is 50.9 Å². The van der Waals surface area contributed by atoms with Gasteiger partial charge in [-0.05, 0) is 39.7 Å². The molecule has 1 aromatic carbocycles. The van der Waals surface area contributed by atoms with Crippen LogP contribution in [-0.2, 0) is 11.3 Å². The van der Waals surface area contributed by atoms with E-state index in [2.05, 4.69) is 25.8 Å². The van der Waals surface area contributed by atoms with Crippen molar-refractivity contribution in [2.75, 3.05) is 11.9 Å². The summed E-state index contributed by atoms with van der Waals surface area (Å²) in [7, 11) is 1.99. The molecule has 0 radical (unpaired) electrons. The number of anilines is 1. The van der Waals surface area contributed by atoms with Gasteiger partial charge < -0.3 is 10.0 Å². The van der Waals surface area contributed by atoms with Crippen LogP contribution >= 0.6 is 27.3 Å². The molecule has 0 atom stereocenters. The molecule has 1 heterocycles. The number of benzene rings is 1. The lowest BCUT2D eigenvalue weighted by atomic mass is 10.2. The van der Waals surface area contributed by atoms with Gasteiger partial charge in [-0.3, -0.25) is 0 Å². The third kappa shape index (κ3) is 3.91. The molecule has 0 aliphatic rings. The number of nitrogens with zero attached hydrogens (tertiary/aromatic N) is 2. The smallest absolute Gasteiger partial charge is 0.328 e. The van der Waals surface area contributed by atoms with Gasteiger partial charge in [-0.15, -0.1) is 11.3 Å². The maximum Gasteiger partial charge on any atom is 0.328 e. The predicted octanol–water partition coefficient (Wildman–Crippen LogP) is 3.64. The van der Waals surface area contributed by atoms with Crippen LogP contribution < -0.4 is 4.90 Å². The molecule has 20 heavy (non-hydrogen) atoms. The molecular formula is C14H13BrN2O2S. The summed E-state index contributed by atoms with van der Waals surface area (Å²) in [5.74, 6) is -0.953. The van der Waals surface area contributed by atoms with E-state index in [1.54, 1.807) is 17.4 Å². The highest BCUT2D eigenvalue weighted by molar-refractivity contribution is 9.10. The number of carbonyl (C=O) groups is 1. The average Bonchev–Trinajstić information content (AvgIpc) is 2.89. The van der Waals surface area contributed by atoms with E-state index in [9.17, 15) is 4.79 Å². The number of halogens is 1. The molecule has 0 aliphatic carbocycles. The van der Waals surface area contributed by atoms with Crippen molar-refractivity contribution < 1.29 is 9.90 Å². The fraction of sp³-hybridized carbons (Fsp3) is 0.143. The lowest BCUT2D eigenvalue weighted by molar-refractivity contribution is -0.131. The van der Waals surface area contributed by atoms with E-state index in [1.807, 2.05) is 36.1 Å². The number of carboxylic acid groups (broad SMARTS) is 1. The van der Waals surface area contributed by atoms with Gasteiger partial charge in [-0.25, -0.2) is 9.78 Å². The van der Waals surface area contributed by atoms with Crippen LogP contribution in [0, 0.1) is 0 Å². The maximum absolute atomic E-state index is 10.5. The van der Waals surface area contributed by atoms with Crippen molar-refractivity contribution in [1.29, 1.82) is 0 Å². The predicted molar refractivity (Wildman–Crippen MR) is 85.0 cm³/mol. The number of hydrogen-bond donors (Lipinski definition) is 1. The lowest BCUT2D eigenvalue weighted by Crippen LogP contribution is -2.17. The number of aliphatic carboxylic acids is 1. The van der Waals surface area contributed by atoms with Gasteiger partial charge in [-0.1, -0.05) is 6.07 Å². The van der Waals surface area contributed by atoms with Gasteiger partial charge in [0.2, 0.25) is 0 Å². The third-order valence-corrected chi connectivity index (χ3v) is 3.95. The fourth-order valence-corrected chi connectivity index (χ4v) is 3.00. The van der Waals surface area contributed by atoms with Gasteiger partial charge in [-0.2, -0.15) is 0 Å². The number of hydrogen-bond acceptors (Lipinski definition) is 4. The standard InChI is InChI=1S/C14H13BrN2O2S/c1-17(7-11-8-20-9-16-11)13-4-2-10(6-12(13)15)3-5-14(18)19/h2-6,8-9H,7H2,1H3,(H,18,19)/b5-3+. The maximum atomic E-state index is 10.5. The highest BCUT2D eigenvalue weighted by Gasteiger charge is 2.08. The summed E-state index contributed by atoms with van der Waals surface area (Å²) in [6.07, 6.45) is 2.69. The minimum atomic E-state index is -0.953. The second-order valence-corrected chi connectivity index (χ2v) is 5.79. The molecule has 2 rings (SSSR count). The minimum absolute atomic E-state index is 0.729. The first kappa shape index (κ1) is 14.7. The molecule has 0 aliphatic heterocycles. The molecule has 6 heteroatoms. The van der Waals surface area contributed by atoms with E-state index in [0.29, 0.717) is 0 Å². The van der Waals surface area contributed by atoms with Crippen molar-refractivity contribution in [3.8, 4) is 0 Å². The molecule has 0 amide bonds. The molecule has 0 bridgehead atoms. The Bertz CT molecular complexity index is 626. The highest BCUT2D eigenvalue weighted by Crippen LogP contribution is 2.28. The first-order chi connectivity index (χ1) is 9.56. The molecule has 0 fully saturated rings. The van der Waals surface area contributed by atoms with Crippen molar-refractivity contribution in [1.82, 2.24) is 4.98 Å². The third-order valence-electron chi connectivity index (χ3n) is 2.68. The van der Waals surface area contributed by atoms with Crippen LogP contribution in [0.5, 0.6) is 0 Å². The van der Waals surface area contributed by atoms with E-state index in [0.717, 1.165) is 34.0 Å². The number of carboxylic acids is 1. The van der Waals surface area contributed by atoms with Crippen LogP contribution in [0.15, 0.2) is 39.6 Å². The second-order valence-electron chi connectivity index (χ2n) is 4.22. The van der Waals surface area contributed by atoms with Crippen LogP contribution in [-0.4, -0.2) is 23.1 Å². The summed E-state index contributed by atoms with van der Waals surface area (Å²) in [4.78, 5) is 16.8. The quantitative estimate of drug-likeness (QED) is 0.834. The highest BCUT2D eigenvalue weighted by atomic mass is 79.9. The second kappa shape index (κ2) is 6.67. The van der Waals surface area contributed by atoms with Crippen LogP contribution in [0.2, 0.25) is 0 Å². The Morgan fingerprint density at radius 2 is 2.35 bits per heavy atom. The Balaban J connectivity index is 2.14. The van der Waals surface area contributed by atoms with Crippen molar-refractivity contribution in [3.63, 3.8) is 0 Å². The summed E-state index contributed by atoms with van der Waals surface area (Å²) < 4.78 is 0.919. The molecule has 4 nitrogen and oxygen atoms in total. The Labute approximate surface area is 129 Å². The largest absolute Gasteiger partial charge is 0.478 e. The normalized spacial score (nSPS) is 10.9.